The van der Waals surface area contributed by atoms with Crippen molar-refractivity contribution in [2.75, 3.05) is 6.54 Å². The van der Waals surface area contributed by atoms with Crippen molar-refractivity contribution in [1.29, 1.82) is 0 Å². The summed E-state index contributed by atoms with van der Waals surface area (Å²) in [5.41, 5.74) is -0.0260. The van der Waals surface area contributed by atoms with E-state index in [-0.39, 0.29) is 12.3 Å². The summed E-state index contributed by atoms with van der Waals surface area (Å²) >= 11 is 0. The number of carbonyl (C=O) groups is 2. The SMILES string of the molecule is Cc1cc(O)cc(=O)n1CC(=O)N1CCCCC1C(=O)O. The summed E-state index contributed by atoms with van der Waals surface area (Å²) < 4.78 is 1.23. The van der Waals surface area contributed by atoms with E-state index < -0.39 is 23.5 Å². The van der Waals surface area contributed by atoms with Crippen LogP contribution in [-0.2, 0) is 16.1 Å². The number of aromatic hydroxyl groups is 1. The zero-order chi connectivity index (χ0) is 15.6. The second kappa shape index (κ2) is 5.99. The van der Waals surface area contributed by atoms with Crippen molar-refractivity contribution in [2.45, 2.75) is 38.8 Å². The van der Waals surface area contributed by atoms with Crippen LogP contribution in [0.2, 0.25) is 0 Å². The fourth-order valence-electron chi connectivity index (χ4n) is 2.63. The predicted octanol–water partition coefficient (Wildman–Crippen LogP) is 0.328. The Morgan fingerprint density at radius 1 is 1.33 bits per heavy atom. The summed E-state index contributed by atoms with van der Waals surface area (Å²) in [6, 6.07) is 1.60. The van der Waals surface area contributed by atoms with E-state index in [2.05, 4.69) is 0 Å². The van der Waals surface area contributed by atoms with E-state index in [1.54, 1.807) is 6.92 Å². The molecule has 21 heavy (non-hydrogen) atoms. The maximum Gasteiger partial charge on any atom is 0.326 e. The summed E-state index contributed by atoms with van der Waals surface area (Å²) in [6.45, 7) is 1.79. The number of hydrogen-bond acceptors (Lipinski definition) is 4. The third-order valence-electron chi connectivity index (χ3n) is 3.72. The topological polar surface area (TPSA) is 99.8 Å². The standard InChI is InChI=1S/C14H18N2O5/c1-9-6-10(17)7-12(18)16(9)8-13(19)15-5-3-2-4-11(15)14(20)21/h6-7,11,17H,2-5,8H2,1H3,(H,20,21). The highest BCUT2D eigenvalue weighted by Gasteiger charge is 2.32. The molecule has 1 atom stereocenters. The van der Waals surface area contributed by atoms with Crippen LogP contribution in [0.15, 0.2) is 16.9 Å². The van der Waals surface area contributed by atoms with E-state index in [0.29, 0.717) is 18.7 Å². The average Bonchev–Trinajstić information content (AvgIpc) is 2.42. The largest absolute Gasteiger partial charge is 0.508 e. The smallest absolute Gasteiger partial charge is 0.326 e. The highest BCUT2D eigenvalue weighted by Crippen LogP contribution is 2.18. The first-order chi connectivity index (χ1) is 9.90. The van der Waals surface area contributed by atoms with Gasteiger partial charge in [-0.05, 0) is 32.3 Å². The van der Waals surface area contributed by atoms with E-state index >= 15 is 0 Å². The Kier molecular flexibility index (Phi) is 4.30. The van der Waals surface area contributed by atoms with E-state index in [0.717, 1.165) is 18.9 Å². The number of rotatable bonds is 3. The first-order valence-corrected chi connectivity index (χ1v) is 6.83. The maximum atomic E-state index is 12.3. The number of carboxylic acids is 1. The molecule has 7 nitrogen and oxygen atoms in total. The molecule has 1 amide bonds. The van der Waals surface area contributed by atoms with Gasteiger partial charge in [-0.1, -0.05) is 0 Å². The van der Waals surface area contributed by atoms with Crippen LogP contribution in [0.25, 0.3) is 0 Å². The third-order valence-corrected chi connectivity index (χ3v) is 3.72. The van der Waals surface area contributed by atoms with E-state index in [1.807, 2.05) is 0 Å². The fraction of sp³-hybridized carbons (Fsp3) is 0.500. The number of carboxylic acid groups (broad SMARTS) is 1. The normalized spacial score (nSPS) is 18.5. The van der Waals surface area contributed by atoms with Crippen LogP contribution in [0, 0.1) is 6.92 Å². The molecule has 1 aliphatic heterocycles. The summed E-state index contributed by atoms with van der Waals surface area (Å²) in [4.78, 5) is 36.7. The Morgan fingerprint density at radius 2 is 2.05 bits per heavy atom. The minimum Gasteiger partial charge on any atom is -0.508 e. The number of nitrogens with zero attached hydrogens (tertiary/aromatic N) is 2. The van der Waals surface area contributed by atoms with Gasteiger partial charge in [-0.15, -0.1) is 0 Å². The van der Waals surface area contributed by atoms with E-state index in [1.165, 1.54) is 15.5 Å². The molecule has 1 unspecified atom stereocenters. The fourth-order valence-corrected chi connectivity index (χ4v) is 2.63. The van der Waals surface area contributed by atoms with Crippen LogP contribution in [-0.4, -0.2) is 44.1 Å². The highest BCUT2D eigenvalue weighted by atomic mass is 16.4. The van der Waals surface area contributed by atoms with Gasteiger partial charge in [-0.3, -0.25) is 9.59 Å². The van der Waals surface area contributed by atoms with Crippen LogP contribution in [0.4, 0.5) is 0 Å². The predicted molar refractivity (Wildman–Crippen MR) is 74.1 cm³/mol. The number of pyridine rings is 1. The van der Waals surface area contributed by atoms with Gasteiger partial charge in [0.15, 0.2) is 0 Å². The van der Waals surface area contributed by atoms with Gasteiger partial charge >= 0.3 is 5.97 Å². The molecule has 2 heterocycles. The van der Waals surface area contributed by atoms with Gasteiger partial charge in [-0.2, -0.15) is 0 Å². The van der Waals surface area contributed by atoms with Gasteiger partial charge in [-0.25, -0.2) is 4.79 Å². The lowest BCUT2D eigenvalue weighted by Crippen LogP contribution is -2.49. The number of amides is 1. The summed E-state index contributed by atoms with van der Waals surface area (Å²) in [6.07, 6.45) is 1.97. The molecule has 1 aromatic heterocycles. The van der Waals surface area contributed by atoms with Gasteiger partial charge in [0.25, 0.3) is 5.56 Å². The maximum absolute atomic E-state index is 12.3. The van der Waals surface area contributed by atoms with Crippen LogP contribution in [0.5, 0.6) is 5.75 Å². The molecular formula is C14H18N2O5. The molecule has 114 valence electrons. The molecule has 2 rings (SSSR count). The Bertz CT molecular complexity index is 622. The Hall–Kier alpha value is -2.31. The summed E-state index contributed by atoms with van der Waals surface area (Å²) in [7, 11) is 0. The molecule has 0 aromatic carbocycles. The van der Waals surface area contributed by atoms with Crippen molar-refractivity contribution in [3.8, 4) is 5.75 Å². The first kappa shape index (κ1) is 15.1. The van der Waals surface area contributed by atoms with Gasteiger partial charge in [0, 0.05) is 18.3 Å². The van der Waals surface area contributed by atoms with Crippen molar-refractivity contribution in [3.63, 3.8) is 0 Å². The van der Waals surface area contributed by atoms with Gasteiger partial charge in [0.2, 0.25) is 5.91 Å². The molecule has 0 saturated carbocycles. The second-order valence-electron chi connectivity index (χ2n) is 5.22. The monoisotopic (exact) mass is 294 g/mol. The molecule has 1 aromatic rings. The van der Waals surface area contributed by atoms with Crippen molar-refractivity contribution in [1.82, 2.24) is 9.47 Å². The van der Waals surface area contributed by atoms with Crippen LogP contribution >= 0.6 is 0 Å². The van der Waals surface area contributed by atoms with Crippen molar-refractivity contribution in [2.24, 2.45) is 0 Å². The molecule has 0 radical (unpaired) electrons. The lowest BCUT2D eigenvalue weighted by atomic mass is 10.0. The minimum atomic E-state index is -1.02. The first-order valence-electron chi connectivity index (χ1n) is 6.83. The zero-order valence-electron chi connectivity index (χ0n) is 11.8. The average molecular weight is 294 g/mol. The van der Waals surface area contributed by atoms with Crippen LogP contribution in [0.1, 0.15) is 25.0 Å². The molecule has 1 saturated heterocycles. The van der Waals surface area contributed by atoms with Crippen molar-refractivity contribution in [3.05, 3.63) is 28.2 Å². The number of piperidine rings is 1. The molecular weight excluding hydrogens is 276 g/mol. The Labute approximate surface area is 121 Å². The van der Waals surface area contributed by atoms with Gasteiger partial charge in [0.05, 0.1) is 0 Å². The molecule has 0 bridgehead atoms. The van der Waals surface area contributed by atoms with Crippen LogP contribution < -0.4 is 5.56 Å². The quantitative estimate of drug-likeness (QED) is 0.836. The van der Waals surface area contributed by atoms with E-state index in [9.17, 15) is 24.6 Å². The number of aliphatic carboxylic acids is 1. The Balaban J connectivity index is 2.21. The Morgan fingerprint density at radius 3 is 2.67 bits per heavy atom. The van der Waals surface area contributed by atoms with Gasteiger partial charge in [0.1, 0.15) is 18.3 Å². The minimum absolute atomic E-state index is 0.150. The van der Waals surface area contributed by atoms with Gasteiger partial charge < -0.3 is 19.7 Å². The van der Waals surface area contributed by atoms with E-state index in [4.69, 9.17) is 0 Å². The van der Waals surface area contributed by atoms with Crippen molar-refractivity contribution >= 4 is 11.9 Å². The summed E-state index contributed by atoms with van der Waals surface area (Å²) in [5, 5.41) is 18.5. The lowest BCUT2D eigenvalue weighted by molar-refractivity contribution is -0.152. The molecule has 1 aliphatic rings. The molecule has 0 spiro atoms. The molecule has 2 N–H and O–H groups in total. The second-order valence-corrected chi connectivity index (χ2v) is 5.22. The van der Waals surface area contributed by atoms with Crippen LogP contribution in [0.3, 0.4) is 0 Å². The number of aromatic nitrogens is 1. The number of hydrogen-bond donors (Lipinski definition) is 2. The number of likely N-dealkylation sites (tertiary alicyclic amines) is 1. The summed E-state index contributed by atoms with van der Waals surface area (Å²) in [5.74, 6) is -1.56. The number of carbonyl (C=O) groups excluding carboxylic acids is 1. The lowest BCUT2D eigenvalue weighted by Gasteiger charge is -2.33. The third kappa shape index (κ3) is 3.24. The molecule has 1 fully saturated rings. The highest BCUT2D eigenvalue weighted by molar-refractivity contribution is 5.83. The molecule has 7 heteroatoms. The number of aryl methyl sites for hydroxylation is 1. The van der Waals surface area contributed by atoms with Crippen molar-refractivity contribution < 1.29 is 19.8 Å². The molecule has 0 aliphatic carbocycles. The zero-order valence-corrected chi connectivity index (χ0v) is 11.8.